The molecule has 84 valence electrons. The number of ketones is 1. The predicted octanol–water partition coefficient (Wildman–Crippen LogP) is 3.39. The van der Waals surface area contributed by atoms with Crippen molar-refractivity contribution in [2.75, 3.05) is 0 Å². The molecule has 15 heavy (non-hydrogen) atoms. The molecule has 1 heterocycles. The molecule has 3 nitrogen and oxygen atoms in total. The van der Waals surface area contributed by atoms with E-state index in [1.165, 1.54) is 32.6 Å². The number of nitrogens with zero attached hydrogens (tertiary/aromatic N) is 1. The van der Waals surface area contributed by atoms with Gasteiger partial charge in [0, 0.05) is 19.4 Å². The molecule has 1 aromatic rings. The molecule has 1 aromatic heterocycles. The van der Waals surface area contributed by atoms with E-state index in [1.54, 1.807) is 6.07 Å². The number of hydrogen-bond donors (Lipinski definition) is 0. The van der Waals surface area contributed by atoms with Crippen LogP contribution in [0.1, 0.15) is 62.2 Å². The lowest BCUT2D eigenvalue weighted by atomic mass is 10.1. The van der Waals surface area contributed by atoms with Gasteiger partial charge in [0.2, 0.25) is 0 Å². The van der Waals surface area contributed by atoms with Crippen molar-refractivity contribution in [3.05, 3.63) is 17.5 Å². The smallest absolute Gasteiger partial charge is 0.181 e. The standard InChI is InChI=1S/C12H19NO2/c1-3-4-5-6-7-8-11-9-12(10(2)14)13-15-11/h9H,3-8H2,1-2H3. The minimum absolute atomic E-state index is 0.0315. The van der Waals surface area contributed by atoms with Gasteiger partial charge in [-0.15, -0.1) is 0 Å². The molecule has 3 heteroatoms. The topological polar surface area (TPSA) is 43.1 Å². The van der Waals surface area contributed by atoms with Crippen LogP contribution in [0.4, 0.5) is 0 Å². The highest BCUT2D eigenvalue weighted by Gasteiger charge is 2.07. The number of aryl methyl sites for hydroxylation is 1. The zero-order valence-electron chi connectivity index (χ0n) is 9.58. The third kappa shape index (κ3) is 4.28. The zero-order valence-corrected chi connectivity index (χ0v) is 9.58. The fourth-order valence-electron chi connectivity index (χ4n) is 1.50. The van der Waals surface area contributed by atoms with Crippen molar-refractivity contribution in [1.29, 1.82) is 0 Å². The van der Waals surface area contributed by atoms with E-state index in [9.17, 15) is 4.79 Å². The monoisotopic (exact) mass is 209 g/mol. The second kappa shape index (κ2) is 6.38. The number of hydrogen-bond acceptors (Lipinski definition) is 3. The number of carbonyl (C=O) groups is 1. The second-order valence-electron chi connectivity index (χ2n) is 3.90. The van der Waals surface area contributed by atoms with Crippen molar-refractivity contribution in [2.24, 2.45) is 0 Å². The number of carbonyl (C=O) groups excluding carboxylic acids is 1. The third-order valence-corrected chi connectivity index (χ3v) is 2.45. The maximum Gasteiger partial charge on any atom is 0.181 e. The molecule has 0 bridgehead atoms. The van der Waals surface area contributed by atoms with E-state index < -0.39 is 0 Å². The number of rotatable bonds is 7. The molecule has 1 rings (SSSR count). The summed E-state index contributed by atoms with van der Waals surface area (Å²) in [6.07, 6.45) is 7.08. The molecule has 0 radical (unpaired) electrons. The molecule has 0 saturated heterocycles. The summed E-state index contributed by atoms with van der Waals surface area (Å²) < 4.78 is 5.06. The average molecular weight is 209 g/mol. The summed E-state index contributed by atoms with van der Waals surface area (Å²) in [6, 6.07) is 1.75. The van der Waals surface area contributed by atoms with Gasteiger partial charge in [-0.2, -0.15) is 0 Å². The van der Waals surface area contributed by atoms with Gasteiger partial charge in [0.15, 0.2) is 5.78 Å². The molecular formula is C12H19NO2. The summed E-state index contributed by atoms with van der Waals surface area (Å²) in [5.74, 6) is 0.799. The van der Waals surface area contributed by atoms with Gasteiger partial charge in [-0.3, -0.25) is 4.79 Å². The van der Waals surface area contributed by atoms with Crippen molar-refractivity contribution < 1.29 is 9.32 Å². The van der Waals surface area contributed by atoms with E-state index in [-0.39, 0.29) is 5.78 Å². The first-order valence-corrected chi connectivity index (χ1v) is 5.70. The van der Waals surface area contributed by atoms with Gasteiger partial charge in [-0.1, -0.05) is 37.8 Å². The van der Waals surface area contributed by atoms with Crippen LogP contribution in [0.25, 0.3) is 0 Å². The minimum atomic E-state index is -0.0315. The van der Waals surface area contributed by atoms with Crippen LogP contribution in [0.2, 0.25) is 0 Å². The highest BCUT2D eigenvalue weighted by atomic mass is 16.5. The van der Waals surface area contributed by atoms with E-state index >= 15 is 0 Å². The van der Waals surface area contributed by atoms with Crippen molar-refractivity contribution in [2.45, 2.75) is 52.4 Å². The van der Waals surface area contributed by atoms with Crippen LogP contribution >= 0.6 is 0 Å². The molecule has 0 saturated carbocycles. The summed E-state index contributed by atoms with van der Waals surface area (Å²) in [6.45, 7) is 3.71. The van der Waals surface area contributed by atoms with Crippen LogP contribution < -0.4 is 0 Å². The summed E-state index contributed by atoms with van der Waals surface area (Å²) in [5, 5.41) is 3.71. The lowest BCUT2D eigenvalue weighted by molar-refractivity contribution is 0.100. The molecule has 0 aliphatic carbocycles. The summed E-state index contributed by atoms with van der Waals surface area (Å²) in [7, 11) is 0. The average Bonchev–Trinajstić information content (AvgIpc) is 2.66. The lowest BCUT2D eigenvalue weighted by Gasteiger charge is -1.96. The van der Waals surface area contributed by atoms with Crippen LogP contribution in [0.15, 0.2) is 10.6 Å². The lowest BCUT2D eigenvalue weighted by Crippen LogP contribution is -1.90. The number of aromatic nitrogens is 1. The third-order valence-electron chi connectivity index (χ3n) is 2.45. The van der Waals surface area contributed by atoms with Gasteiger partial charge in [0.25, 0.3) is 0 Å². The molecule has 0 amide bonds. The molecule has 0 aliphatic rings. The first-order chi connectivity index (χ1) is 7.24. The van der Waals surface area contributed by atoms with Gasteiger partial charge < -0.3 is 4.52 Å². The Morgan fingerprint density at radius 3 is 2.67 bits per heavy atom. The zero-order chi connectivity index (χ0) is 11.1. The maximum absolute atomic E-state index is 11.0. The summed E-state index contributed by atoms with van der Waals surface area (Å²) >= 11 is 0. The van der Waals surface area contributed by atoms with Crippen LogP contribution in [0.3, 0.4) is 0 Å². The Morgan fingerprint density at radius 2 is 2.07 bits per heavy atom. The molecule has 0 N–H and O–H groups in total. The van der Waals surface area contributed by atoms with Gasteiger partial charge in [0.05, 0.1) is 0 Å². The van der Waals surface area contributed by atoms with Gasteiger partial charge >= 0.3 is 0 Å². The van der Waals surface area contributed by atoms with E-state index in [1.807, 2.05) is 0 Å². The number of unbranched alkanes of at least 4 members (excludes halogenated alkanes) is 4. The first kappa shape index (κ1) is 12.0. The molecule has 0 atom stereocenters. The summed E-state index contributed by atoms with van der Waals surface area (Å²) in [4.78, 5) is 11.0. The number of Topliss-reactive ketones (excluding diaryl/α,β-unsaturated/α-hetero) is 1. The predicted molar refractivity (Wildman–Crippen MR) is 59.0 cm³/mol. The van der Waals surface area contributed by atoms with Crippen LogP contribution in [0.5, 0.6) is 0 Å². The molecule has 0 fully saturated rings. The molecule has 0 unspecified atom stereocenters. The second-order valence-corrected chi connectivity index (χ2v) is 3.90. The molecular weight excluding hydrogens is 190 g/mol. The van der Waals surface area contributed by atoms with Crippen LogP contribution in [0, 0.1) is 0 Å². The first-order valence-electron chi connectivity index (χ1n) is 5.70. The van der Waals surface area contributed by atoms with E-state index in [2.05, 4.69) is 12.1 Å². The van der Waals surface area contributed by atoms with Crippen molar-refractivity contribution in [1.82, 2.24) is 5.16 Å². The van der Waals surface area contributed by atoms with Crippen molar-refractivity contribution in [3.8, 4) is 0 Å². The Balaban J connectivity index is 2.23. The van der Waals surface area contributed by atoms with E-state index in [4.69, 9.17) is 4.52 Å². The van der Waals surface area contributed by atoms with Gasteiger partial charge in [-0.05, 0) is 6.42 Å². The van der Waals surface area contributed by atoms with Crippen LogP contribution in [-0.2, 0) is 6.42 Å². The molecule has 0 aromatic carbocycles. The SMILES string of the molecule is CCCCCCCc1cc(C(C)=O)no1. The van der Waals surface area contributed by atoms with Gasteiger partial charge in [0.1, 0.15) is 11.5 Å². The highest BCUT2D eigenvalue weighted by molar-refractivity contribution is 5.91. The Morgan fingerprint density at radius 1 is 1.33 bits per heavy atom. The molecule has 0 spiro atoms. The Hall–Kier alpha value is -1.12. The quantitative estimate of drug-likeness (QED) is 0.510. The highest BCUT2D eigenvalue weighted by Crippen LogP contribution is 2.10. The van der Waals surface area contributed by atoms with E-state index in [0.717, 1.165) is 18.6 Å². The fourth-order valence-corrected chi connectivity index (χ4v) is 1.50. The van der Waals surface area contributed by atoms with Crippen molar-refractivity contribution >= 4 is 5.78 Å². The Kier molecular flexibility index (Phi) is 5.08. The minimum Gasteiger partial charge on any atom is -0.361 e. The fraction of sp³-hybridized carbons (Fsp3) is 0.667. The Labute approximate surface area is 90.8 Å². The maximum atomic E-state index is 11.0. The van der Waals surface area contributed by atoms with Gasteiger partial charge in [-0.25, -0.2) is 0 Å². The molecule has 0 aliphatic heterocycles. The normalized spacial score (nSPS) is 10.5. The van der Waals surface area contributed by atoms with E-state index in [0.29, 0.717) is 5.69 Å². The van der Waals surface area contributed by atoms with Crippen molar-refractivity contribution in [3.63, 3.8) is 0 Å². The van der Waals surface area contributed by atoms with Crippen LogP contribution in [-0.4, -0.2) is 10.9 Å². The Bertz CT molecular complexity index is 304. The summed E-state index contributed by atoms with van der Waals surface area (Å²) in [5.41, 5.74) is 0.443. The largest absolute Gasteiger partial charge is 0.361 e.